The lowest BCUT2D eigenvalue weighted by Crippen LogP contribution is -2.28. The van der Waals surface area contributed by atoms with Gasteiger partial charge in [-0.05, 0) is 31.0 Å². The van der Waals surface area contributed by atoms with E-state index in [1.54, 1.807) is 7.11 Å². The van der Waals surface area contributed by atoms with Gasteiger partial charge in [-0.1, -0.05) is 30.3 Å². The van der Waals surface area contributed by atoms with Gasteiger partial charge in [-0.2, -0.15) is 0 Å². The van der Waals surface area contributed by atoms with Crippen LogP contribution < -0.4 is 10.6 Å². The van der Waals surface area contributed by atoms with E-state index in [2.05, 4.69) is 43.7 Å². The first-order chi connectivity index (χ1) is 15.8. The molecular formula is C25H28N6O. The van der Waals surface area contributed by atoms with Crippen LogP contribution in [0.2, 0.25) is 0 Å². The third-order valence-electron chi connectivity index (χ3n) is 6.03. The maximum absolute atomic E-state index is 6.29. The van der Waals surface area contributed by atoms with Crippen molar-refractivity contribution in [2.24, 2.45) is 4.99 Å². The smallest absolute Gasteiger partial charge is 0.152 e. The molecule has 2 aromatic carbocycles. The van der Waals surface area contributed by atoms with E-state index in [4.69, 9.17) is 15.5 Å². The van der Waals surface area contributed by atoms with Gasteiger partial charge in [-0.15, -0.1) is 0 Å². The number of rotatable bonds is 8. The Kier molecular flexibility index (Phi) is 5.73. The number of hydrogen-bond acceptors (Lipinski definition) is 6. The van der Waals surface area contributed by atoms with Crippen molar-refractivity contribution in [2.45, 2.75) is 25.8 Å². The van der Waals surface area contributed by atoms with E-state index in [9.17, 15) is 0 Å². The third kappa shape index (κ3) is 3.80. The summed E-state index contributed by atoms with van der Waals surface area (Å²) >= 11 is 0. The Morgan fingerprint density at radius 2 is 1.81 bits per heavy atom. The summed E-state index contributed by atoms with van der Waals surface area (Å²) in [7, 11) is 1.72. The summed E-state index contributed by atoms with van der Waals surface area (Å²) in [6.45, 7) is 3.36. The van der Waals surface area contributed by atoms with Crippen LogP contribution in [0.3, 0.4) is 0 Å². The minimum Gasteiger partial charge on any atom is -0.384 e. The molecule has 0 fully saturated rings. The summed E-state index contributed by atoms with van der Waals surface area (Å²) in [5.41, 5.74) is 11.3. The monoisotopic (exact) mass is 428 g/mol. The Hall–Kier alpha value is -3.45. The number of imidazole rings is 1. The van der Waals surface area contributed by atoms with Crippen LogP contribution in [0.25, 0.3) is 21.9 Å². The van der Waals surface area contributed by atoms with Gasteiger partial charge in [0.25, 0.3) is 0 Å². The quantitative estimate of drug-likeness (QED) is 0.422. The van der Waals surface area contributed by atoms with E-state index >= 15 is 0 Å². The fourth-order valence-corrected chi connectivity index (χ4v) is 4.49. The number of nitrogens with zero attached hydrogens (tertiary/aromatic N) is 5. The number of fused-ring (bicyclic) bond motifs is 4. The molecule has 0 saturated heterocycles. The van der Waals surface area contributed by atoms with Crippen molar-refractivity contribution < 1.29 is 4.74 Å². The highest BCUT2D eigenvalue weighted by Gasteiger charge is 2.18. The Bertz CT molecular complexity index is 1280. The Balaban J connectivity index is 1.39. The second-order valence-corrected chi connectivity index (χ2v) is 8.09. The van der Waals surface area contributed by atoms with Crippen LogP contribution in [0, 0.1) is 0 Å². The van der Waals surface area contributed by atoms with Gasteiger partial charge in [0, 0.05) is 38.2 Å². The van der Waals surface area contributed by atoms with Gasteiger partial charge in [-0.3, -0.25) is 4.99 Å². The van der Waals surface area contributed by atoms with Crippen molar-refractivity contribution >= 4 is 45.3 Å². The Morgan fingerprint density at radius 3 is 2.72 bits per heavy atom. The lowest BCUT2D eigenvalue weighted by molar-refractivity contribution is 0.199. The van der Waals surface area contributed by atoms with E-state index in [-0.39, 0.29) is 0 Å². The van der Waals surface area contributed by atoms with Gasteiger partial charge >= 0.3 is 0 Å². The number of hydrogen-bond donors (Lipinski definition) is 1. The minimum absolute atomic E-state index is 0.486. The molecule has 4 aromatic rings. The first-order valence-electron chi connectivity index (χ1n) is 11.1. The number of para-hydroxylation sites is 3. The zero-order valence-electron chi connectivity index (χ0n) is 18.4. The fourth-order valence-electron chi connectivity index (χ4n) is 4.49. The Labute approximate surface area is 187 Å². The summed E-state index contributed by atoms with van der Waals surface area (Å²) in [5, 5.41) is 1.09. The van der Waals surface area contributed by atoms with Crippen LogP contribution in [0.1, 0.15) is 18.7 Å². The number of aryl methyl sites for hydroxylation is 1. The molecule has 0 unspecified atom stereocenters. The molecule has 0 spiro atoms. The maximum atomic E-state index is 6.29. The number of aliphatic imine (C=N–C) groups is 1. The predicted molar refractivity (Wildman–Crippen MR) is 131 cm³/mol. The molecule has 0 atom stereocenters. The molecule has 0 bridgehead atoms. The third-order valence-corrected chi connectivity index (χ3v) is 6.03. The van der Waals surface area contributed by atoms with Gasteiger partial charge < -0.3 is 19.9 Å². The van der Waals surface area contributed by atoms with Crippen molar-refractivity contribution in [3.63, 3.8) is 0 Å². The SMILES string of the molecule is COCCc1nc2c(N)nc3ccccc3c2n1CCCCN1CC=Nc2ccccc21. The van der Waals surface area contributed by atoms with Crippen molar-refractivity contribution in [2.75, 3.05) is 37.4 Å². The number of anilines is 2. The molecule has 164 valence electrons. The molecular weight excluding hydrogens is 400 g/mol. The topological polar surface area (TPSA) is 81.6 Å². The fraction of sp³-hybridized carbons (Fsp3) is 0.320. The molecule has 0 aliphatic carbocycles. The summed E-state index contributed by atoms with van der Waals surface area (Å²) in [6, 6.07) is 16.5. The van der Waals surface area contributed by atoms with Crippen molar-refractivity contribution in [3.05, 3.63) is 54.4 Å². The summed E-state index contributed by atoms with van der Waals surface area (Å²) < 4.78 is 7.65. The van der Waals surface area contributed by atoms with Gasteiger partial charge in [0.1, 0.15) is 11.3 Å². The van der Waals surface area contributed by atoms with Crippen LogP contribution in [0.4, 0.5) is 17.2 Å². The van der Waals surface area contributed by atoms with Gasteiger partial charge in [0.05, 0.1) is 35.6 Å². The number of nitrogen functional groups attached to an aromatic ring is 1. The van der Waals surface area contributed by atoms with E-state index in [1.807, 2.05) is 30.5 Å². The number of pyridine rings is 1. The van der Waals surface area contributed by atoms with Crippen molar-refractivity contribution in [1.29, 1.82) is 0 Å². The highest BCUT2D eigenvalue weighted by atomic mass is 16.5. The highest BCUT2D eigenvalue weighted by Crippen LogP contribution is 2.31. The molecule has 5 rings (SSSR count). The van der Waals surface area contributed by atoms with Crippen LogP contribution >= 0.6 is 0 Å². The van der Waals surface area contributed by atoms with Crippen molar-refractivity contribution in [3.8, 4) is 0 Å². The van der Waals surface area contributed by atoms with Crippen LogP contribution in [-0.2, 0) is 17.7 Å². The average Bonchev–Trinajstić information content (AvgIpc) is 3.20. The maximum Gasteiger partial charge on any atom is 0.152 e. The molecule has 1 aliphatic heterocycles. The second kappa shape index (κ2) is 8.96. The number of methoxy groups -OCH3 is 1. The molecule has 1 aliphatic rings. The molecule has 0 amide bonds. The Morgan fingerprint density at radius 1 is 1.00 bits per heavy atom. The number of ether oxygens (including phenoxy) is 1. The molecule has 7 heteroatoms. The van der Waals surface area contributed by atoms with Gasteiger partial charge in [-0.25, -0.2) is 9.97 Å². The van der Waals surface area contributed by atoms with Gasteiger partial charge in [0.15, 0.2) is 5.82 Å². The highest BCUT2D eigenvalue weighted by molar-refractivity contribution is 6.06. The first-order valence-corrected chi connectivity index (χ1v) is 11.1. The summed E-state index contributed by atoms with van der Waals surface area (Å²) in [4.78, 5) is 16.4. The summed E-state index contributed by atoms with van der Waals surface area (Å²) in [6.07, 6.45) is 4.85. The molecule has 32 heavy (non-hydrogen) atoms. The minimum atomic E-state index is 0.486. The zero-order valence-corrected chi connectivity index (χ0v) is 18.4. The molecule has 3 heterocycles. The molecule has 2 N–H and O–H groups in total. The number of aromatic nitrogens is 3. The standard InChI is InChI=1S/C25H28N6O/c1-32-17-12-22-29-23-24(18-8-2-3-9-19(18)28-25(23)26)31(22)15-7-6-14-30-16-13-27-20-10-4-5-11-21(20)30/h2-5,8-11,13H,6-7,12,14-17H2,1H3,(H2,26,28). The van der Waals surface area contributed by atoms with Crippen LogP contribution in [0.15, 0.2) is 53.5 Å². The van der Waals surface area contributed by atoms with E-state index in [0.717, 1.165) is 72.3 Å². The molecule has 0 saturated carbocycles. The number of unbranched alkanes of at least 4 members (excludes halogenated alkanes) is 1. The lowest BCUT2D eigenvalue weighted by atomic mass is 10.1. The van der Waals surface area contributed by atoms with Crippen LogP contribution in [0.5, 0.6) is 0 Å². The average molecular weight is 429 g/mol. The predicted octanol–water partition coefficient (Wildman–Crippen LogP) is 4.36. The van der Waals surface area contributed by atoms with E-state index in [0.29, 0.717) is 12.4 Å². The van der Waals surface area contributed by atoms with E-state index < -0.39 is 0 Å². The summed E-state index contributed by atoms with van der Waals surface area (Å²) in [5.74, 6) is 1.49. The van der Waals surface area contributed by atoms with Gasteiger partial charge in [0.2, 0.25) is 0 Å². The molecule has 2 aromatic heterocycles. The number of benzene rings is 2. The molecule has 7 nitrogen and oxygen atoms in total. The largest absolute Gasteiger partial charge is 0.384 e. The lowest BCUT2D eigenvalue weighted by Gasteiger charge is -2.27. The zero-order chi connectivity index (χ0) is 21.9. The molecule has 0 radical (unpaired) electrons. The van der Waals surface area contributed by atoms with E-state index in [1.165, 1.54) is 5.69 Å². The van der Waals surface area contributed by atoms with Crippen LogP contribution in [-0.4, -0.2) is 47.6 Å². The van der Waals surface area contributed by atoms with Crippen molar-refractivity contribution in [1.82, 2.24) is 14.5 Å². The first kappa shape index (κ1) is 20.5. The number of nitrogens with two attached hydrogens (primary N) is 1. The normalized spacial score (nSPS) is 13.2. The second-order valence-electron chi connectivity index (χ2n) is 8.09.